The number of halogens is 2. The van der Waals surface area contributed by atoms with Crippen molar-refractivity contribution >= 4 is 5.88 Å². The summed E-state index contributed by atoms with van der Waals surface area (Å²) in [6.45, 7) is 0.0459. The van der Waals surface area contributed by atoms with Crippen LogP contribution in [-0.2, 0) is 11.3 Å². The Kier molecular flexibility index (Phi) is 3.06. The molecule has 2 aromatic rings. The lowest BCUT2D eigenvalue weighted by molar-refractivity contribution is 0.181. The number of aromatic nitrogens is 1. The van der Waals surface area contributed by atoms with Gasteiger partial charge in [0.15, 0.2) is 0 Å². The summed E-state index contributed by atoms with van der Waals surface area (Å²) in [6, 6.07) is 2.47. The Balaban J connectivity index is 2.60. The number of methoxy groups -OCH3 is 1. The monoisotopic (exact) mass is 240 g/mol. The predicted octanol–water partition coefficient (Wildman–Crippen LogP) is 2.35. The highest BCUT2D eigenvalue weighted by molar-refractivity contribution is 5.73. The van der Waals surface area contributed by atoms with Crippen molar-refractivity contribution in [1.82, 2.24) is 5.16 Å². The van der Waals surface area contributed by atoms with Gasteiger partial charge in [-0.3, -0.25) is 0 Å². The second kappa shape index (κ2) is 4.50. The van der Waals surface area contributed by atoms with Gasteiger partial charge in [0.1, 0.15) is 11.6 Å². The van der Waals surface area contributed by atoms with Crippen molar-refractivity contribution in [2.45, 2.75) is 6.61 Å². The first-order chi connectivity index (χ1) is 8.15. The summed E-state index contributed by atoms with van der Waals surface area (Å²) in [4.78, 5) is 0. The molecule has 0 aliphatic carbocycles. The molecule has 0 bridgehead atoms. The summed E-state index contributed by atoms with van der Waals surface area (Å²) in [6.07, 6.45) is 1.17. The summed E-state index contributed by atoms with van der Waals surface area (Å²) in [5.74, 6) is -1.57. The molecule has 0 fully saturated rings. The Morgan fingerprint density at radius 3 is 2.76 bits per heavy atom. The van der Waals surface area contributed by atoms with Crippen LogP contribution in [-0.4, -0.2) is 12.3 Å². The molecule has 2 rings (SSSR count). The van der Waals surface area contributed by atoms with Gasteiger partial charge >= 0.3 is 0 Å². The average Bonchev–Trinajstić information content (AvgIpc) is 2.70. The summed E-state index contributed by atoms with van der Waals surface area (Å²) in [5.41, 5.74) is 5.52. The van der Waals surface area contributed by atoms with E-state index < -0.39 is 11.6 Å². The van der Waals surface area contributed by atoms with Crippen molar-refractivity contribution in [1.29, 1.82) is 0 Å². The number of hydrogen-bond acceptors (Lipinski definition) is 4. The van der Waals surface area contributed by atoms with Gasteiger partial charge in [-0.1, -0.05) is 11.2 Å². The van der Waals surface area contributed by atoms with E-state index >= 15 is 0 Å². The molecule has 1 aromatic carbocycles. The third kappa shape index (κ3) is 1.99. The molecule has 0 radical (unpaired) electrons. The number of anilines is 1. The molecule has 90 valence electrons. The number of nitrogens with two attached hydrogens (primary N) is 1. The number of nitrogen functional groups attached to an aromatic ring is 1. The highest BCUT2D eigenvalue weighted by Gasteiger charge is 2.19. The van der Waals surface area contributed by atoms with E-state index in [-0.39, 0.29) is 29.2 Å². The second-order valence-electron chi connectivity index (χ2n) is 3.43. The fourth-order valence-corrected chi connectivity index (χ4v) is 1.55. The van der Waals surface area contributed by atoms with Gasteiger partial charge in [-0.25, -0.2) is 8.78 Å². The minimum absolute atomic E-state index is 0.0459. The van der Waals surface area contributed by atoms with Gasteiger partial charge in [0.2, 0.25) is 5.88 Å². The number of benzene rings is 1. The Morgan fingerprint density at radius 2 is 2.18 bits per heavy atom. The maximum Gasteiger partial charge on any atom is 0.230 e. The largest absolute Gasteiger partial charge is 0.380 e. The summed E-state index contributed by atoms with van der Waals surface area (Å²) < 4.78 is 37.0. The summed E-state index contributed by atoms with van der Waals surface area (Å²) in [7, 11) is 1.43. The first-order valence-corrected chi connectivity index (χ1v) is 4.81. The van der Waals surface area contributed by atoms with Crippen molar-refractivity contribution in [2.24, 2.45) is 0 Å². The highest BCUT2D eigenvalue weighted by Crippen LogP contribution is 2.32. The third-order valence-corrected chi connectivity index (χ3v) is 2.34. The number of nitrogens with zero attached hydrogens (tertiary/aromatic N) is 1. The lowest BCUT2D eigenvalue weighted by Gasteiger charge is -2.07. The van der Waals surface area contributed by atoms with Crippen LogP contribution in [0, 0.1) is 11.6 Å². The zero-order valence-electron chi connectivity index (χ0n) is 9.04. The van der Waals surface area contributed by atoms with Gasteiger partial charge in [-0.2, -0.15) is 0 Å². The molecule has 6 heteroatoms. The van der Waals surface area contributed by atoms with E-state index in [0.29, 0.717) is 0 Å². The highest BCUT2D eigenvalue weighted by atomic mass is 19.1. The molecule has 1 aromatic heterocycles. The van der Waals surface area contributed by atoms with Crippen LogP contribution in [0.15, 0.2) is 22.9 Å². The van der Waals surface area contributed by atoms with E-state index in [1.165, 1.54) is 19.4 Å². The van der Waals surface area contributed by atoms with Crippen LogP contribution in [0.4, 0.5) is 14.7 Å². The molecule has 0 aliphatic rings. The van der Waals surface area contributed by atoms with Crippen LogP contribution in [0.5, 0.6) is 0 Å². The second-order valence-corrected chi connectivity index (χ2v) is 3.43. The third-order valence-electron chi connectivity index (χ3n) is 2.34. The van der Waals surface area contributed by atoms with Gasteiger partial charge in [-0.05, 0) is 6.07 Å². The van der Waals surface area contributed by atoms with Gasteiger partial charge < -0.3 is 15.0 Å². The van der Waals surface area contributed by atoms with Crippen LogP contribution < -0.4 is 5.73 Å². The van der Waals surface area contributed by atoms with Crippen LogP contribution in [0.2, 0.25) is 0 Å². The van der Waals surface area contributed by atoms with Crippen molar-refractivity contribution in [3.8, 4) is 11.1 Å². The van der Waals surface area contributed by atoms with Crippen molar-refractivity contribution in [3.05, 3.63) is 35.5 Å². The number of hydrogen-bond donors (Lipinski definition) is 1. The first kappa shape index (κ1) is 11.5. The molecule has 4 nitrogen and oxygen atoms in total. The molecule has 2 N–H and O–H groups in total. The van der Waals surface area contributed by atoms with E-state index in [1.54, 1.807) is 0 Å². The fraction of sp³-hybridized carbons (Fsp3) is 0.182. The maximum atomic E-state index is 14.0. The summed E-state index contributed by atoms with van der Waals surface area (Å²) in [5, 5.41) is 3.39. The Bertz CT molecular complexity index is 540. The van der Waals surface area contributed by atoms with Crippen molar-refractivity contribution < 1.29 is 18.0 Å². The molecular formula is C11H10F2N2O2. The van der Waals surface area contributed by atoms with E-state index in [2.05, 4.69) is 9.68 Å². The minimum Gasteiger partial charge on any atom is -0.380 e. The topological polar surface area (TPSA) is 61.3 Å². The van der Waals surface area contributed by atoms with E-state index in [9.17, 15) is 8.78 Å². The van der Waals surface area contributed by atoms with Crippen molar-refractivity contribution in [3.63, 3.8) is 0 Å². The van der Waals surface area contributed by atoms with E-state index in [1.807, 2.05) is 0 Å². The maximum absolute atomic E-state index is 14.0. The molecule has 17 heavy (non-hydrogen) atoms. The molecule has 0 atom stereocenters. The van der Waals surface area contributed by atoms with Crippen LogP contribution in [0.3, 0.4) is 0 Å². The fourth-order valence-electron chi connectivity index (χ4n) is 1.55. The molecule has 0 amide bonds. The SMILES string of the molecule is COCc1ccc(F)c(-c2cnoc2N)c1F. The molecular weight excluding hydrogens is 230 g/mol. The molecule has 1 heterocycles. The predicted molar refractivity (Wildman–Crippen MR) is 57.0 cm³/mol. The van der Waals surface area contributed by atoms with Crippen LogP contribution in [0.25, 0.3) is 11.1 Å². The van der Waals surface area contributed by atoms with E-state index in [0.717, 1.165) is 6.07 Å². The molecule has 0 saturated carbocycles. The van der Waals surface area contributed by atoms with Crippen molar-refractivity contribution in [2.75, 3.05) is 12.8 Å². The Hall–Kier alpha value is -1.95. The molecule has 0 unspecified atom stereocenters. The smallest absolute Gasteiger partial charge is 0.230 e. The first-order valence-electron chi connectivity index (χ1n) is 4.81. The lowest BCUT2D eigenvalue weighted by Crippen LogP contribution is -1.99. The molecule has 0 spiro atoms. The van der Waals surface area contributed by atoms with Crippen LogP contribution in [0.1, 0.15) is 5.56 Å². The number of rotatable bonds is 3. The molecule has 0 saturated heterocycles. The van der Waals surface area contributed by atoms with Gasteiger partial charge in [0.05, 0.1) is 23.9 Å². The normalized spacial score (nSPS) is 10.8. The van der Waals surface area contributed by atoms with Gasteiger partial charge in [-0.15, -0.1) is 0 Å². The average molecular weight is 240 g/mol. The standard InChI is InChI=1S/C11H10F2N2O2/c1-16-5-6-2-3-8(12)9(10(6)13)7-4-15-17-11(7)14/h2-4H,5,14H2,1H3. The molecule has 0 aliphatic heterocycles. The van der Waals surface area contributed by atoms with Gasteiger partial charge in [0.25, 0.3) is 0 Å². The number of ether oxygens (including phenoxy) is 1. The van der Waals surface area contributed by atoms with Crippen LogP contribution >= 0.6 is 0 Å². The zero-order chi connectivity index (χ0) is 12.4. The Morgan fingerprint density at radius 1 is 1.41 bits per heavy atom. The zero-order valence-corrected chi connectivity index (χ0v) is 9.04. The lowest BCUT2D eigenvalue weighted by atomic mass is 10.0. The van der Waals surface area contributed by atoms with E-state index in [4.69, 9.17) is 10.5 Å². The Labute approximate surface area is 96.0 Å². The minimum atomic E-state index is -0.725. The quantitative estimate of drug-likeness (QED) is 0.894. The van der Waals surface area contributed by atoms with Gasteiger partial charge in [0, 0.05) is 12.7 Å². The summed E-state index contributed by atoms with van der Waals surface area (Å²) >= 11 is 0.